The molecule has 1 saturated heterocycles. The molecule has 1 fully saturated rings. The van der Waals surface area contributed by atoms with Crippen LogP contribution in [0.3, 0.4) is 0 Å². The molecule has 0 spiro atoms. The molecule has 7 heteroatoms. The summed E-state index contributed by atoms with van der Waals surface area (Å²) in [5.41, 5.74) is 2.49. The molecular weight excluding hydrogens is 354 g/mol. The average Bonchev–Trinajstić information content (AvgIpc) is 2.76. The number of nitrogens with one attached hydrogen (secondary N) is 2. The molecule has 1 amide bonds. The molecule has 4 rings (SSSR count). The van der Waals surface area contributed by atoms with E-state index in [4.69, 9.17) is 4.74 Å². The first-order valence-corrected chi connectivity index (χ1v) is 9.30. The van der Waals surface area contributed by atoms with E-state index in [0.717, 1.165) is 31.5 Å². The third kappa shape index (κ3) is 4.32. The monoisotopic (exact) mass is 375 g/mol. The van der Waals surface area contributed by atoms with E-state index >= 15 is 0 Å². The van der Waals surface area contributed by atoms with E-state index in [1.807, 2.05) is 24.3 Å². The molecule has 0 atom stereocenters. The lowest BCUT2D eigenvalue weighted by atomic mass is 10.1. The van der Waals surface area contributed by atoms with Gasteiger partial charge in [0, 0.05) is 30.2 Å². The summed E-state index contributed by atoms with van der Waals surface area (Å²) in [6.07, 6.45) is 8.66. The van der Waals surface area contributed by atoms with Crippen molar-refractivity contribution in [1.82, 2.24) is 20.3 Å². The number of pyridine rings is 3. The second-order valence-electron chi connectivity index (χ2n) is 6.54. The van der Waals surface area contributed by atoms with Crippen molar-refractivity contribution in [3.8, 4) is 17.0 Å². The number of rotatable bonds is 5. The van der Waals surface area contributed by atoms with Gasteiger partial charge in [-0.15, -0.1) is 0 Å². The number of aromatic nitrogens is 3. The van der Waals surface area contributed by atoms with Crippen molar-refractivity contribution in [2.24, 2.45) is 0 Å². The fourth-order valence-electron chi connectivity index (χ4n) is 3.10. The first-order chi connectivity index (χ1) is 13.8. The van der Waals surface area contributed by atoms with Crippen LogP contribution in [0.15, 0.2) is 61.2 Å². The summed E-state index contributed by atoms with van der Waals surface area (Å²) in [5, 5.41) is 6.19. The van der Waals surface area contributed by atoms with E-state index in [0.29, 0.717) is 22.8 Å². The topological polar surface area (TPSA) is 89.0 Å². The fourth-order valence-corrected chi connectivity index (χ4v) is 3.10. The average molecular weight is 375 g/mol. The van der Waals surface area contributed by atoms with Gasteiger partial charge < -0.3 is 15.4 Å². The van der Waals surface area contributed by atoms with Crippen LogP contribution < -0.4 is 15.4 Å². The summed E-state index contributed by atoms with van der Waals surface area (Å²) < 4.78 is 6.09. The summed E-state index contributed by atoms with van der Waals surface area (Å²) in [7, 11) is 0. The minimum atomic E-state index is -0.306. The largest absolute Gasteiger partial charge is 0.488 e. The summed E-state index contributed by atoms with van der Waals surface area (Å²) >= 11 is 0. The molecule has 3 aromatic heterocycles. The Kier molecular flexibility index (Phi) is 5.53. The number of hydrogen-bond acceptors (Lipinski definition) is 6. The highest BCUT2D eigenvalue weighted by atomic mass is 16.5. The third-order valence-corrected chi connectivity index (χ3v) is 4.57. The Balaban J connectivity index is 1.51. The Bertz CT molecular complexity index is 942. The second-order valence-corrected chi connectivity index (χ2v) is 6.54. The lowest BCUT2D eigenvalue weighted by molar-refractivity contribution is 0.102. The van der Waals surface area contributed by atoms with Crippen LogP contribution in [0.25, 0.3) is 11.3 Å². The number of ether oxygens (including phenoxy) is 1. The highest BCUT2D eigenvalue weighted by Gasteiger charge is 2.18. The van der Waals surface area contributed by atoms with Crippen LogP contribution in [0.1, 0.15) is 23.3 Å². The highest BCUT2D eigenvalue weighted by molar-refractivity contribution is 6.03. The molecular formula is C21H21N5O2. The molecule has 0 saturated carbocycles. The van der Waals surface area contributed by atoms with Crippen molar-refractivity contribution < 1.29 is 9.53 Å². The first-order valence-electron chi connectivity index (χ1n) is 9.30. The fraction of sp³-hybridized carbons (Fsp3) is 0.238. The number of piperidine rings is 1. The Hall–Kier alpha value is -3.32. The number of anilines is 1. The van der Waals surface area contributed by atoms with Crippen LogP contribution in [-0.2, 0) is 0 Å². The minimum Gasteiger partial charge on any atom is -0.488 e. The Morgan fingerprint density at radius 3 is 2.64 bits per heavy atom. The molecule has 0 unspecified atom stereocenters. The van der Waals surface area contributed by atoms with Crippen molar-refractivity contribution in [2.45, 2.75) is 18.9 Å². The number of carbonyl (C=O) groups excluding carboxylic acids is 1. The zero-order valence-electron chi connectivity index (χ0n) is 15.3. The van der Waals surface area contributed by atoms with Crippen molar-refractivity contribution >= 4 is 11.6 Å². The van der Waals surface area contributed by atoms with Crippen LogP contribution in [-0.4, -0.2) is 40.1 Å². The van der Waals surface area contributed by atoms with Gasteiger partial charge in [0.1, 0.15) is 23.2 Å². The molecule has 0 radical (unpaired) electrons. The molecule has 0 aromatic carbocycles. The second kappa shape index (κ2) is 8.58. The first kappa shape index (κ1) is 18.1. The van der Waals surface area contributed by atoms with E-state index in [2.05, 4.69) is 25.6 Å². The lowest BCUT2D eigenvalue weighted by Gasteiger charge is -2.24. The van der Waals surface area contributed by atoms with Gasteiger partial charge in [-0.25, -0.2) is 4.98 Å². The summed E-state index contributed by atoms with van der Waals surface area (Å²) in [4.78, 5) is 25.4. The van der Waals surface area contributed by atoms with Gasteiger partial charge >= 0.3 is 0 Å². The Morgan fingerprint density at radius 2 is 1.82 bits per heavy atom. The van der Waals surface area contributed by atoms with E-state index in [-0.39, 0.29) is 12.0 Å². The number of hydrogen-bond donors (Lipinski definition) is 2. The Labute approximate surface area is 163 Å². The van der Waals surface area contributed by atoms with Crippen molar-refractivity contribution in [3.63, 3.8) is 0 Å². The summed E-state index contributed by atoms with van der Waals surface area (Å²) in [5.74, 6) is 0.319. The minimum absolute atomic E-state index is 0.132. The predicted octanol–water partition coefficient (Wildman–Crippen LogP) is 2.92. The molecule has 0 bridgehead atoms. The maximum Gasteiger partial charge on any atom is 0.274 e. The number of nitrogens with zero attached hydrogens (tertiary/aromatic N) is 3. The van der Waals surface area contributed by atoms with Crippen molar-refractivity contribution in [1.29, 1.82) is 0 Å². The van der Waals surface area contributed by atoms with Crippen molar-refractivity contribution in [3.05, 3.63) is 66.9 Å². The summed E-state index contributed by atoms with van der Waals surface area (Å²) in [6.45, 7) is 1.87. The molecule has 4 heterocycles. The van der Waals surface area contributed by atoms with Gasteiger partial charge in [0.2, 0.25) is 0 Å². The van der Waals surface area contributed by atoms with Gasteiger partial charge in [-0.2, -0.15) is 0 Å². The molecule has 142 valence electrons. The van der Waals surface area contributed by atoms with Crippen molar-refractivity contribution in [2.75, 3.05) is 18.4 Å². The van der Waals surface area contributed by atoms with Gasteiger partial charge in [-0.1, -0.05) is 6.07 Å². The summed E-state index contributed by atoms with van der Waals surface area (Å²) in [6, 6.07) is 10.9. The third-order valence-electron chi connectivity index (χ3n) is 4.57. The van der Waals surface area contributed by atoms with Crippen LogP contribution in [0.5, 0.6) is 5.75 Å². The lowest BCUT2D eigenvalue weighted by Crippen LogP contribution is -2.34. The van der Waals surface area contributed by atoms with Gasteiger partial charge in [-0.05, 0) is 50.2 Å². The van der Waals surface area contributed by atoms with Crippen LogP contribution in [0.4, 0.5) is 5.69 Å². The quantitative estimate of drug-likeness (QED) is 0.713. The molecule has 7 nitrogen and oxygen atoms in total. The highest BCUT2D eigenvalue weighted by Crippen LogP contribution is 2.26. The van der Waals surface area contributed by atoms with E-state index in [9.17, 15) is 4.79 Å². The molecule has 3 aromatic rings. The van der Waals surface area contributed by atoms with Crippen LogP contribution in [0.2, 0.25) is 0 Å². The smallest absolute Gasteiger partial charge is 0.274 e. The molecule has 1 aliphatic rings. The number of amides is 1. The van der Waals surface area contributed by atoms with E-state index in [1.165, 1.54) is 0 Å². The zero-order chi connectivity index (χ0) is 19.2. The predicted molar refractivity (Wildman–Crippen MR) is 106 cm³/mol. The molecule has 2 N–H and O–H groups in total. The van der Waals surface area contributed by atoms with Crippen LogP contribution >= 0.6 is 0 Å². The maximum absolute atomic E-state index is 12.8. The number of carbonyl (C=O) groups is 1. The molecule has 28 heavy (non-hydrogen) atoms. The van der Waals surface area contributed by atoms with Crippen LogP contribution in [0, 0.1) is 0 Å². The normalized spacial score (nSPS) is 14.4. The SMILES string of the molecule is O=C(Nc1cnccc1OC1CCNCC1)c1cccc(-c2ccncc2)n1. The van der Waals surface area contributed by atoms with Gasteiger partial charge in [0.05, 0.1) is 11.9 Å². The van der Waals surface area contributed by atoms with Gasteiger partial charge in [0.15, 0.2) is 0 Å². The zero-order valence-corrected chi connectivity index (χ0v) is 15.3. The van der Waals surface area contributed by atoms with Gasteiger partial charge in [0.25, 0.3) is 5.91 Å². The maximum atomic E-state index is 12.8. The molecule has 1 aliphatic heterocycles. The molecule has 0 aliphatic carbocycles. The van der Waals surface area contributed by atoms with Gasteiger partial charge in [-0.3, -0.25) is 14.8 Å². The standard InChI is InChI=1S/C21H21N5O2/c27-21(18-3-1-2-17(25-18)15-4-9-22-10-5-15)26-19-14-24-13-8-20(19)28-16-6-11-23-12-7-16/h1-5,8-10,13-14,16,23H,6-7,11-12H2,(H,26,27). The van der Waals surface area contributed by atoms with E-state index < -0.39 is 0 Å². The van der Waals surface area contributed by atoms with E-state index in [1.54, 1.807) is 36.9 Å². The Morgan fingerprint density at radius 1 is 1.04 bits per heavy atom.